The second-order valence-electron chi connectivity index (χ2n) is 5.36. The van der Waals surface area contributed by atoms with Gasteiger partial charge in [0.05, 0.1) is 11.5 Å². The molecule has 1 saturated carbocycles. The highest BCUT2D eigenvalue weighted by molar-refractivity contribution is 7.98. The Morgan fingerprint density at radius 3 is 2.62 bits per heavy atom. The van der Waals surface area contributed by atoms with E-state index in [9.17, 15) is 14.7 Å². The van der Waals surface area contributed by atoms with Crippen LogP contribution in [0.1, 0.15) is 42.5 Å². The van der Waals surface area contributed by atoms with E-state index in [1.165, 1.54) is 11.8 Å². The van der Waals surface area contributed by atoms with Crippen LogP contribution in [-0.2, 0) is 4.79 Å². The average Bonchev–Trinajstić information content (AvgIpc) is 2.72. The molecule has 1 aromatic carbocycles. The Hall–Kier alpha value is -1.49. The molecule has 1 fully saturated rings. The Morgan fingerprint density at radius 2 is 1.90 bits per heavy atom. The minimum absolute atomic E-state index is 0.168. The van der Waals surface area contributed by atoms with Crippen molar-refractivity contribution in [2.75, 3.05) is 6.26 Å². The molecule has 4 nitrogen and oxygen atoms in total. The lowest BCUT2D eigenvalue weighted by molar-refractivity contribution is -0.142. The predicted octanol–water partition coefficient (Wildman–Crippen LogP) is 3.17. The lowest BCUT2D eigenvalue weighted by Crippen LogP contribution is -2.43. The summed E-state index contributed by atoms with van der Waals surface area (Å²) in [5.41, 5.74) is 0.624. The molecule has 5 heteroatoms. The highest BCUT2D eigenvalue weighted by Crippen LogP contribution is 2.25. The second-order valence-corrected chi connectivity index (χ2v) is 6.21. The highest BCUT2D eigenvalue weighted by atomic mass is 32.2. The van der Waals surface area contributed by atoms with Gasteiger partial charge in [0.2, 0.25) is 0 Å². The molecule has 1 aliphatic carbocycles. The number of amides is 1. The van der Waals surface area contributed by atoms with E-state index in [0.717, 1.165) is 30.6 Å². The van der Waals surface area contributed by atoms with Gasteiger partial charge in [-0.15, -0.1) is 11.8 Å². The fourth-order valence-corrected chi connectivity index (χ4v) is 3.45. The zero-order valence-electron chi connectivity index (χ0n) is 12.2. The Labute approximate surface area is 129 Å². The summed E-state index contributed by atoms with van der Waals surface area (Å²) in [5, 5.41) is 12.3. The first-order chi connectivity index (χ1) is 10.1. The Bertz CT molecular complexity index is 518. The van der Waals surface area contributed by atoms with Crippen LogP contribution in [0.4, 0.5) is 0 Å². The van der Waals surface area contributed by atoms with Crippen LogP contribution in [0.3, 0.4) is 0 Å². The Balaban J connectivity index is 2.14. The SMILES string of the molecule is CSc1ccccc1C(=O)N[C@H]1CCCCC[C@H]1C(=O)O. The summed E-state index contributed by atoms with van der Waals surface area (Å²) in [7, 11) is 0. The first-order valence-electron chi connectivity index (χ1n) is 7.30. The number of hydrogen-bond acceptors (Lipinski definition) is 3. The van der Waals surface area contributed by atoms with Crippen molar-refractivity contribution in [2.24, 2.45) is 5.92 Å². The molecule has 0 saturated heterocycles. The van der Waals surface area contributed by atoms with E-state index in [4.69, 9.17) is 0 Å². The molecule has 0 aromatic heterocycles. The first-order valence-corrected chi connectivity index (χ1v) is 8.52. The number of aliphatic carboxylic acids is 1. The van der Waals surface area contributed by atoms with Gasteiger partial charge in [-0.05, 0) is 31.2 Å². The van der Waals surface area contributed by atoms with Gasteiger partial charge in [0, 0.05) is 10.9 Å². The van der Waals surface area contributed by atoms with Gasteiger partial charge in [0.25, 0.3) is 5.91 Å². The number of rotatable bonds is 4. The van der Waals surface area contributed by atoms with Crippen molar-refractivity contribution in [3.8, 4) is 0 Å². The largest absolute Gasteiger partial charge is 0.481 e. The van der Waals surface area contributed by atoms with Gasteiger partial charge >= 0.3 is 5.97 Å². The maximum atomic E-state index is 12.5. The third kappa shape index (κ3) is 4.00. The molecule has 2 atom stereocenters. The molecule has 21 heavy (non-hydrogen) atoms. The van der Waals surface area contributed by atoms with Crippen molar-refractivity contribution in [2.45, 2.75) is 43.0 Å². The number of benzene rings is 1. The van der Waals surface area contributed by atoms with E-state index in [2.05, 4.69) is 5.32 Å². The highest BCUT2D eigenvalue weighted by Gasteiger charge is 2.31. The van der Waals surface area contributed by atoms with Crippen LogP contribution in [0.25, 0.3) is 0 Å². The second kappa shape index (κ2) is 7.50. The average molecular weight is 307 g/mol. The number of carbonyl (C=O) groups excluding carboxylic acids is 1. The van der Waals surface area contributed by atoms with Gasteiger partial charge in [-0.1, -0.05) is 31.4 Å². The topological polar surface area (TPSA) is 66.4 Å². The van der Waals surface area contributed by atoms with Gasteiger partial charge in [-0.25, -0.2) is 0 Å². The monoisotopic (exact) mass is 307 g/mol. The van der Waals surface area contributed by atoms with Gasteiger partial charge in [-0.3, -0.25) is 9.59 Å². The molecule has 114 valence electrons. The van der Waals surface area contributed by atoms with Crippen LogP contribution in [0.15, 0.2) is 29.2 Å². The summed E-state index contributed by atoms with van der Waals surface area (Å²) in [6, 6.07) is 7.15. The summed E-state index contributed by atoms with van der Waals surface area (Å²) in [6.07, 6.45) is 6.24. The molecule has 0 bridgehead atoms. The minimum atomic E-state index is -0.805. The third-order valence-electron chi connectivity index (χ3n) is 4.00. The fraction of sp³-hybridized carbons (Fsp3) is 0.500. The molecule has 1 aliphatic rings. The Morgan fingerprint density at radius 1 is 1.19 bits per heavy atom. The maximum Gasteiger partial charge on any atom is 0.308 e. The van der Waals surface area contributed by atoms with Gasteiger partial charge < -0.3 is 10.4 Å². The quantitative estimate of drug-likeness (QED) is 0.662. The molecule has 0 radical (unpaired) electrons. The van der Waals surface area contributed by atoms with Crippen LogP contribution >= 0.6 is 11.8 Å². The van der Waals surface area contributed by atoms with E-state index in [0.29, 0.717) is 12.0 Å². The van der Waals surface area contributed by atoms with Crippen LogP contribution in [0.2, 0.25) is 0 Å². The van der Waals surface area contributed by atoms with E-state index in [-0.39, 0.29) is 11.9 Å². The van der Waals surface area contributed by atoms with E-state index >= 15 is 0 Å². The van der Waals surface area contributed by atoms with Crippen molar-refractivity contribution in [1.29, 1.82) is 0 Å². The van der Waals surface area contributed by atoms with E-state index in [1.54, 1.807) is 6.07 Å². The van der Waals surface area contributed by atoms with E-state index < -0.39 is 11.9 Å². The summed E-state index contributed by atoms with van der Waals surface area (Å²) >= 11 is 1.52. The number of hydrogen-bond donors (Lipinski definition) is 2. The van der Waals surface area contributed by atoms with Gasteiger partial charge in [0.15, 0.2) is 0 Å². The minimum Gasteiger partial charge on any atom is -0.481 e. The molecular weight excluding hydrogens is 286 g/mol. The number of carbonyl (C=O) groups is 2. The number of carboxylic acid groups (broad SMARTS) is 1. The van der Waals surface area contributed by atoms with Gasteiger partial charge in [-0.2, -0.15) is 0 Å². The molecule has 2 N–H and O–H groups in total. The maximum absolute atomic E-state index is 12.5. The normalized spacial score (nSPS) is 22.3. The van der Waals surface area contributed by atoms with Crippen molar-refractivity contribution in [3.63, 3.8) is 0 Å². The first kappa shape index (κ1) is 15.9. The lowest BCUT2D eigenvalue weighted by Gasteiger charge is -2.23. The van der Waals surface area contributed by atoms with Crippen molar-refractivity contribution in [1.82, 2.24) is 5.32 Å². The standard InChI is InChI=1S/C16H21NO3S/c1-21-14-10-6-5-8-12(14)15(18)17-13-9-4-2-3-7-11(13)16(19)20/h5-6,8,10-11,13H,2-4,7,9H2,1H3,(H,17,18)(H,19,20)/t11-,13+/m1/s1. The smallest absolute Gasteiger partial charge is 0.308 e. The lowest BCUT2D eigenvalue weighted by atomic mass is 9.94. The summed E-state index contributed by atoms with van der Waals surface area (Å²) < 4.78 is 0. The predicted molar refractivity (Wildman–Crippen MR) is 83.7 cm³/mol. The van der Waals surface area contributed by atoms with Crippen LogP contribution in [0.5, 0.6) is 0 Å². The van der Waals surface area contributed by atoms with E-state index in [1.807, 2.05) is 24.5 Å². The molecule has 2 rings (SSSR count). The number of nitrogens with one attached hydrogen (secondary N) is 1. The third-order valence-corrected chi connectivity index (χ3v) is 4.80. The van der Waals surface area contributed by atoms with Gasteiger partial charge in [0.1, 0.15) is 0 Å². The van der Waals surface area contributed by atoms with Crippen LogP contribution in [0, 0.1) is 5.92 Å². The fourth-order valence-electron chi connectivity index (χ4n) is 2.85. The van der Waals surface area contributed by atoms with Crippen molar-refractivity contribution in [3.05, 3.63) is 29.8 Å². The van der Waals surface area contributed by atoms with Crippen molar-refractivity contribution >= 4 is 23.6 Å². The molecule has 0 aliphatic heterocycles. The molecule has 0 unspecified atom stereocenters. The number of thioether (sulfide) groups is 1. The molecule has 0 spiro atoms. The summed E-state index contributed by atoms with van der Waals surface area (Å²) in [5.74, 6) is -1.45. The molecule has 1 amide bonds. The zero-order chi connectivity index (χ0) is 15.2. The Kier molecular flexibility index (Phi) is 5.67. The molecule has 0 heterocycles. The van der Waals surface area contributed by atoms with Crippen LogP contribution in [-0.4, -0.2) is 29.3 Å². The molecular formula is C16H21NO3S. The zero-order valence-corrected chi connectivity index (χ0v) is 13.0. The summed E-state index contributed by atoms with van der Waals surface area (Å²) in [4.78, 5) is 24.8. The molecule has 1 aromatic rings. The van der Waals surface area contributed by atoms with Crippen LogP contribution < -0.4 is 5.32 Å². The summed E-state index contributed by atoms with van der Waals surface area (Å²) in [6.45, 7) is 0. The van der Waals surface area contributed by atoms with Crippen molar-refractivity contribution < 1.29 is 14.7 Å². The number of carboxylic acids is 1.